The van der Waals surface area contributed by atoms with Crippen molar-refractivity contribution in [3.63, 3.8) is 0 Å². The number of nitrogens with zero attached hydrogens (tertiary/aromatic N) is 1. The van der Waals surface area contributed by atoms with Gasteiger partial charge in [-0.05, 0) is 42.8 Å². The molecule has 0 saturated carbocycles. The molecule has 2 aromatic rings. The van der Waals surface area contributed by atoms with Crippen molar-refractivity contribution in [3.05, 3.63) is 59.9 Å². The predicted octanol–water partition coefficient (Wildman–Crippen LogP) is 3.27. The molecule has 7 nitrogen and oxygen atoms in total. The molecule has 0 aliphatic carbocycles. The lowest BCUT2D eigenvalue weighted by Crippen LogP contribution is -2.40. The third-order valence-corrected chi connectivity index (χ3v) is 3.79. The Balaban J connectivity index is 0.00000480. The van der Waals surface area contributed by atoms with Gasteiger partial charge in [0.05, 0.1) is 6.10 Å². The topological polar surface area (TPSA) is 95.0 Å². The van der Waals surface area contributed by atoms with Crippen molar-refractivity contribution in [1.82, 2.24) is 10.6 Å². The average molecular weight is 552 g/mol. The monoisotopic (exact) mass is 552 g/mol. The van der Waals surface area contributed by atoms with Crippen LogP contribution in [0.2, 0.25) is 0 Å². The lowest BCUT2D eigenvalue weighted by molar-refractivity contribution is -0.114. The molecule has 0 spiro atoms. The number of hydrogen-bond acceptors (Lipinski definition) is 4. The Morgan fingerprint density at radius 3 is 2.48 bits per heavy atom. The van der Waals surface area contributed by atoms with E-state index in [1.165, 1.54) is 42.5 Å². The number of ether oxygens (including phenoxy) is 1. The summed E-state index contributed by atoms with van der Waals surface area (Å²) in [6.45, 7) is -0.719. The largest absolute Gasteiger partial charge is 0.435 e. The number of benzene rings is 2. The molecule has 4 N–H and O–H groups in total. The number of alkyl halides is 2. The molecule has 2 aromatic carbocycles. The van der Waals surface area contributed by atoms with Crippen molar-refractivity contribution in [3.8, 4) is 5.75 Å². The van der Waals surface area contributed by atoms with Gasteiger partial charge in [-0.2, -0.15) is 8.78 Å². The van der Waals surface area contributed by atoms with Gasteiger partial charge < -0.3 is 25.8 Å². The molecule has 1 unspecified atom stereocenters. The fourth-order valence-corrected chi connectivity index (χ4v) is 2.44. The molecule has 0 aliphatic heterocycles. The molecule has 0 heterocycles. The number of guanidine groups is 1. The Morgan fingerprint density at radius 2 is 1.87 bits per heavy atom. The highest BCUT2D eigenvalue weighted by Crippen LogP contribution is 2.19. The van der Waals surface area contributed by atoms with Crippen molar-refractivity contribution >= 4 is 41.5 Å². The van der Waals surface area contributed by atoms with Crippen LogP contribution in [0.4, 0.5) is 18.9 Å². The van der Waals surface area contributed by atoms with Crippen molar-refractivity contribution < 1.29 is 27.8 Å². The molecule has 0 saturated heterocycles. The normalized spacial score (nSPS) is 12.0. The number of hydrogen-bond donors (Lipinski definition) is 4. The first-order valence-electron chi connectivity index (χ1n) is 9.17. The number of rotatable bonds is 9. The molecular formula is C20H24F3IN4O3. The molecule has 2 rings (SSSR count). The lowest BCUT2D eigenvalue weighted by Gasteiger charge is -2.16. The number of halogens is 4. The Hall–Kier alpha value is -2.54. The van der Waals surface area contributed by atoms with Gasteiger partial charge in [-0.25, -0.2) is 9.38 Å². The van der Waals surface area contributed by atoms with Gasteiger partial charge in [0.1, 0.15) is 18.1 Å². The minimum atomic E-state index is -2.92. The highest BCUT2D eigenvalue weighted by atomic mass is 127. The van der Waals surface area contributed by atoms with E-state index in [1.54, 1.807) is 6.07 Å². The Kier molecular flexibility index (Phi) is 11.7. The van der Waals surface area contributed by atoms with Gasteiger partial charge in [0.2, 0.25) is 5.91 Å². The molecule has 170 valence electrons. The Morgan fingerprint density at radius 1 is 1.16 bits per heavy atom. The summed E-state index contributed by atoms with van der Waals surface area (Å²) in [5.74, 6) is -0.612. The van der Waals surface area contributed by atoms with Crippen LogP contribution in [0.1, 0.15) is 18.6 Å². The summed E-state index contributed by atoms with van der Waals surface area (Å²) in [5.41, 5.74) is 0.812. The molecule has 11 heteroatoms. The second kappa shape index (κ2) is 13.7. The number of aliphatic hydroxyl groups is 1. The summed E-state index contributed by atoms with van der Waals surface area (Å²) >= 11 is 0. The summed E-state index contributed by atoms with van der Waals surface area (Å²) in [6, 6.07) is 11.1. The van der Waals surface area contributed by atoms with Crippen LogP contribution < -0.4 is 20.7 Å². The van der Waals surface area contributed by atoms with Crippen LogP contribution in [0.25, 0.3) is 0 Å². The van der Waals surface area contributed by atoms with Crippen LogP contribution in [0.15, 0.2) is 53.5 Å². The van der Waals surface area contributed by atoms with Gasteiger partial charge in [0.15, 0.2) is 5.96 Å². The summed E-state index contributed by atoms with van der Waals surface area (Å²) < 4.78 is 41.8. The van der Waals surface area contributed by atoms with E-state index in [0.29, 0.717) is 23.8 Å². The minimum Gasteiger partial charge on any atom is -0.435 e. The number of aliphatic imine (C=N–C) groups is 1. The van der Waals surface area contributed by atoms with Crippen LogP contribution in [-0.4, -0.2) is 43.2 Å². The highest BCUT2D eigenvalue weighted by molar-refractivity contribution is 14.0. The number of aliphatic hydroxyl groups excluding tert-OH is 1. The van der Waals surface area contributed by atoms with Crippen molar-refractivity contribution in [2.45, 2.75) is 19.6 Å². The van der Waals surface area contributed by atoms with Crippen LogP contribution in [0, 0.1) is 5.82 Å². The summed E-state index contributed by atoms with van der Waals surface area (Å²) in [6.07, 6.45) is -0.949. The summed E-state index contributed by atoms with van der Waals surface area (Å²) in [4.78, 5) is 16.1. The Bertz CT molecular complexity index is 854. The number of amides is 1. The van der Waals surface area contributed by atoms with E-state index < -0.39 is 24.4 Å². The zero-order valence-electron chi connectivity index (χ0n) is 16.6. The summed E-state index contributed by atoms with van der Waals surface area (Å²) in [7, 11) is 0. The van der Waals surface area contributed by atoms with E-state index in [2.05, 4.69) is 25.7 Å². The molecule has 0 aromatic heterocycles. The van der Waals surface area contributed by atoms with Crippen molar-refractivity contribution in [2.75, 3.05) is 25.0 Å². The third-order valence-electron chi connectivity index (χ3n) is 3.79. The van der Waals surface area contributed by atoms with E-state index in [-0.39, 0.29) is 42.8 Å². The van der Waals surface area contributed by atoms with Crippen LogP contribution in [0.5, 0.6) is 5.75 Å². The Labute approximate surface area is 195 Å². The number of anilines is 1. The van der Waals surface area contributed by atoms with Gasteiger partial charge in [0.25, 0.3) is 0 Å². The average Bonchev–Trinajstić information content (AvgIpc) is 2.70. The SMILES string of the molecule is CCNC(=NCC(=O)Nc1cccc(F)c1)NCC(O)c1ccc(OC(F)F)cc1.I. The number of carbonyl (C=O) groups is 1. The third kappa shape index (κ3) is 9.87. The predicted molar refractivity (Wildman–Crippen MR) is 122 cm³/mol. The van der Waals surface area contributed by atoms with E-state index in [0.717, 1.165) is 0 Å². The van der Waals surface area contributed by atoms with E-state index in [9.17, 15) is 23.1 Å². The fourth-order valence-electron chi connectivity index (χ4n) is 2.44. The maximum absolute atomic E-state index is 13.2. The first-order valence-corrected chi connectivity index (χ1v) is 9.17. The maximum atomic E-state index is 13.2. The number of carbonyl (C=O) groups excluding carboxylic acids is 1. The molecule has 0 fully saturated rings. The van der Waals surface area contributed by atoms with Crippen molar-refractivity contribution in [2.24, 2.45) is 4.99 Å². The van der Waals surface area contributed by atoms with Crippen LogP contribution in [-0.2, 0) is 4.79 Å². The molecule has 0 radical (unpaired) electrons. The standard InChI is InChI=1S/C20H23F3N4O3.HI/c1-2-24-20(26-12-18(29)27-15-5-3-4-14(21)10-15)25-11-17(28)13-6-8-16(9-7-13)30-19(22)23;/h3-10,17,19,28H,2,11-12H2,1H3,(H,27,29)(H2,24,25,26);1H. The first kappa shape index (κ1) is 26.5. The van der Waals surface area contributed by atoms with Gasteiger partial charge in [-0.3, -0.25) is 4.79 Å². The van der Waals surface area contributed by atoms with E-state index in [4.69, 9.17) is 0 Å². The molecule has 1 amide bonds. The second-order valence-corrected chi connectivity index (χ2v) is 6.10. The highest BCUT2D eigenvalue weighted by Gasteiger charge is 2.11. The molecular weight excluding hydrogens is 528 g/mol. The quantitative estimate of drug-likeness (QED) is 0.218. The smallest absolute Gasteiger partial charge is 0.387 e. The van der Waals surface area contributed by atoms with Crippen molar-refractivity contribution in [1.29, 1.82) is 0 Å². The van der Waals surface area contributed by atoms with Gasteiger partial charge >= 0.3 is 6.61 Å². The first-order chi connectivity index (χ1) is 14.4. The fraction of sp³-hybridized carbons (Fsp3) is 0.300. The van der Waals surface area contributed by atoms with E-state index >= 15 is 0 Å². The molecule has 0 bridgehead atoms. The number of nitrogens with one attached hydrogen (secondary N) is 3. The van der Waals surface area contributed by atoms with Crippen LogP contribution in [0.3, 0.4) is 0 Å². The zero-order chi connectivity index (χ0) is 21.9. The second-order valence-electron chi connectivity index (χ2n) is 6.10. The van der Waals surface area contributed by atoms with Crippen LogP contribution >= 0.6 is 24.0 Å². The molecule has 31 heavy (non-hydrogen) atoms. The maximum Gasteiger partial charge on any atom is 0.387 e. The van der Waals surface area contributed by atoms with E-state index in [1.807, 2.05) is 6.92 Å². The molecule has 1 atom stereocenters. The van der Waals surface area contributed by atoms with Gasteiger partial charge in [-0.15, -0.1) is 24.0 Å². The minimum absolute atomic E-state index is 0. The van der Waals surface area contributed by atoms with Gasteiger partial charge in [0, 0.05) is 18.8 Å². The van der Waals surface area contributed by atoms with Gasteiger partial charge in [-0.1, -0.05) is 18.2 Å². The zero-order valence-corrected chi connectivity index (χ0v) is 19.0. The molecule has 0 aliphatic rings. The lowest BCUT2D eigenvalue weighted by atomic mass is 10.1. The summed E-state index contributed by atoms with van der Waals surface area (Å²) in [5, 5.41) is 18.6.